The molecule has 3 rings (SSSR count). The van der Waals surface area contributed by atoms with E-state index < -0.39 is 16.9 Å². The smallest absolute Gasteiger partial charge is 0.214 e. The topological polar surface area (TPSA) is 45.2 Å². The van der Waals surface area contributed by atoms with Gasteiger partial charge in [0.1, 0.15) is 5.82 Å². The normalized spacial score (nSPS) is 16.8. The third kappa shape index (κ3) is 4.53. The number of piperidine rings is 1. The van der Waals surface area contributed by atoms with Crippen LogP contribution in [0.2, 0.25) is 5.02 Å². The van der Waals surface area contributed by atoms with Crippen molar-refractivity contribution in [2.45, 2.75) is 30.7 Å². The monoisotopic (exact) mass is 367 g/mol. The molecule has 0 spiro atoms. The molecule has 1 aliphatic heterocycles. The zero-order valence-corrected chi connectivity index (χ0v) is 14.7. The van der Waals surface area contributed by atoms with Gasteiger partial charge in [0.05, 0.1) is 4.90 Å². The number of rotatable bonds is 5. The Hall–Kier alpha value is -1.50. The van der Waals surface area contributed by atoms with Crippen LogP contribution in [-0.4, -0.2) is 27.2 Å². The predicted molar refractivity (Wildman–Crippen MR) is 94.8 cm³/mol. The number of likely N-dealkylation sites (tertiary alicyclic amines) is 1. The third-order valence-corrected chi connectivity index (χ3v) is 5.42. The van der Waals surface area contributed by atoms with Crippen molar-refractivity contribution >= 4 is 28.4 Å². The van der Waals surface area contributed by atoms with Crippen molar-refractivity contribution in [1.82, 2.24) is 9.88 Å². The second-order valence-corrected chi connectivity index (χ2v) is 7.43. The standard InChI is InChI=1S/C17H19ClFN3OS/c18-15-11-14(24(23)21-17-6-4-5-16(19)20-17)8-7-13(15)12-22-9-2-1-3-10-22/h4-8,11H,1-3,9-10,12H2,(H,20,21). The van der Waals surface area contributed by atoms with Crippen LogP contribution in [0.15, 0.2) is 41.3 Å². The van der Waals surface area contributed by atoms with Crippen molar-refractivity contribution < 1.29 is 8.60 Å². The van der Waals surface area contributed by atoms with Crippen molar-refractivity contribution in [3.8, 4) is 0 Å². The molecular formula is C17H19ClFN3OS. The molecule has 2 aromatic rings. The highest BCUT2D eigenvalue weighted by molar-refractivity contribution is 7.86. The van der Waals surface area contributed by atoms with Crippen LogP contribution in [0.5, 0.6) is 0 Å². The summed E-state index contributed by atoms with van der Waals surface area (Å²) in [4.78, 5) is 6.57. The lowest BCUT2D eigenvalue weighted by atomic mass is 10.1. The molecule has 1 unspecified atom stereocenters. The number of nitrogens with zero attached hydrogens (tertiary/aromatic N) is 2. The molecule has 1 atom stereocenters. The Morgan fingerprint density at radius 3 is 2.71 bits per heavy atom. The molecule has 1 N–H and O–H groups in total. The number of aromatic nitrogens is 1. The van der Waals surface area contributed by atoms with Gasteiger partial charge in [-0.2, -0.15) is 4.39 Å². The van der Waals surface area contributed by atoms with Gasteiger partial charge in [-0.05, 0) is 55.8 Å². The maximum Gasteiger partial charge on any atom is 0.214 e. The summed E-state index contributed by atoms with van der Waals surface area (Å²) in [5.41, 5.74) is 1.03. The summed E-state index contributed by atoms with van der Waals surface area (Å²) in [5, 5.41) is 0.598. The van der Waals surface area contributed by atoms with Crippen LogP contribution in [-0.2, 0) is 17.5 Å². The maximum atomic E-state index is 13.1. The lowest BCUT2D eigenvalue weighted by molar-refractivity contribution is 0.221. The first-order valence-electron chi connectivity index (χ1n) is 7.93. The number of benzene rings is 1. The molecule has 7 heteroatoms. The first kappa shape index (κ1) is 17.3. The highest BCUT2D eigenvalue weighted by Gasteiger charge is 2.14. The summed E-state index contributed by atoms with van der Waals surface area (Å²) in [6.07, 6.45) is 3.75. The fourth-order valence-electron chi connectivity index (χ4n) is 2.75. The number of halogens is 2. The van der Waals surface area contributed by atoms with E-state index in [2.05, 4.69) is 14.6 Å². The number of pyridine rings is 1. The number of anilines is 1. The summed E-state index contributed by atoms with van der Waals surface area (Å²) < 4.78 is 28.1. The van der Waals surface area contributed by atoms with Crippen LogP contribution in [0, 0.1) is 5.95 Å². The van der Waals surface area contributed by atoms with Gasteiger partial charge in [-0.25, -0.2) is 9.19 Å². The Labute approximate surface area is 148 Å². The maximum absolute atomic E-state index is 13.1. The summed E-state index contributed by atoms with van der Waals surface area (Å²) in [6, 6.07) is 9.70. The summed E-state index contributed by atoms with van der Waals surface area (Å²) in [6.45, 7) is 3.00. The SMILES string of the molecule is O=S(Nc1cccc(F)n1)c1ccc(CN2CCCCC2)c(Cl)c1. The molecule has 1 saturated heterocycles. The van der Waals surface area contributed by atoms with Crippen LogP contribution < -0.4 is 4.72 Å². The number of hydrogen-bond acceptors (Lipinski definition) is 3. The predicted octanol–water partition coefficient (Wildman–Crippen LogP) is 3.99. The van der Waals surface area contributed by atoms with Gasteiger partial charge in [0.25, 0.3) is 0 Å². The van der Waals surface area contributed by atoms with Gasteiger partial charge in [-0.15, -0.1) is 0 Å². The van der Waals surface area contributed by atoms with E-state index in [9.17, 15) is 8.60 Å². The van der Waals surface area contributed by atoms with Crippen molar-refractivity contribution in [3.05, 3.63) is 52.9 Å². The van der Waals surface area contributed by atoms with E-state index in [1.807, 2.05) is 6.07 Å². The number of nitrogens with one attached hydrogen (secondary N) is 1. The minimum absolute atomic E-state index is 0.224. The first-order chi connectivity index (χ1) is 11.6. The van der Waals surface area contributed by atoms with Crippen LogP contribution in [0.4, 0.5) is 10.2 Å². The van der Waals surface area contributed by atoms with Gasteiger partial charge in [0.15, 0.2) is 11.0 Å². The fourth-order valence-corrected chi connectivity index (χ4v) is 3.89. The average molecular weight is 368 g/mol. The van der Waals surface area contributed by atoms with Gasteiger partial charge < -0.3 is 0 Å². The van der Waals surface area contributed by atoms with E-state index in [0.717, 1.165) is 25.2 Å². The molecule has 0 aliphatic carbocycles. The number of hydrogen-bond donors (Lipinski definition) is 1. The zero-order chi connectivity index (χ0) is 16.9. The molecule has 0 bridgehead atoms. The highest BCUT2D eigenvalue weighted by Crippen LogP contribution is 2.23. The van der Waals surface area contributed by atoms with E-state index >= 15 is 0 Å². The van der Waals surface area contributed by atoms with Crippen LogP contribution in [0.25, 0.3) is 0 Å². The Balaban J connectivity index is 1.68. The highest BCUT2D eigenvalue weighted by atomic mass is 35.5. The molecule has 0 saturated carbocycles. The Morgan fingerprint density at radius 2 is 2.00 bits per heavy atom. The van der Waals surface area contributed by atoms with E-state index in [-0.39, 0.29) is 5.82 Å². The van der Waals surface area contributed by atoms with E-state index in [0.29, 0.717) is 9.92 Å². The van der Waals surface area contributed by atoms with E-state index in [4.69, 9.17) is 11.6 Å². The van der Waals surface area contributed by atoms with Gasteiger partial charge in [0.2, 0.25) is 5.95 Å². The molecule has 0 radical (unpaired) electrons. The Bertz CT molecular complexity index is 738. The molecule has 1 aromatic carbocycles. The zero-order valence-electron chi connectivity index (χ0n) is 13.2. The minimum Gasteiger partial charge on any atom is -0.299 e. The summed E-state index contributed by atoms with van der Waals surface area (Å²) >= 11 is 6.36. The molecule has 128 valence electrons. The van der Waals surface area contributed by atoms with Crippen molar-refractivity contribution in [1.29, 1.82) is 0 Å². The Kier molecular flexibility index (Phi) is 5.81. The molecule has 24 heavy (non-hydrogen) atoms. The quantitative estimate of drug-likeness (QED) is 0.812. The van der Waals surface area contributed by atoms with Crippen molar-refractivity contribution in [3.63, 3.8) is 0 Å². The lowest BCUT2D eigenvalue weighted by Crippen LogP contribution is -2.29. The van der Waals surface area contributed by atoms with Gasteiger partial charge in [0, 0.05) is 11.6 Å². The second-order valence-electron chi connectivity index (χ2n) is 5.81. The molecule has 1 aromatic heterocycles. The summed E-state index contributed by atoms with van der Waals surface area (Å²) in [7, 11) is -1.55. The molecule has 2 heterocycles. The largest absolute Gasteiger partial charge is 0.299 e. The minimum atomic E-state index is -1.55. The Morgan fingerprint density at radius 1 is 1.21 bits per heavy atom. The van der Waals surface area contributed by atoms with E-state index in [1.165, 1.54) is 31.4 Å². The lowest BCUT2D eigenvalue weighted by Gasteiger charge is -2.26. The van der Waals surface area contributed by atoms with Gasteiger partial charge >= 0.3 is 0 Å². The van der Waals surface area contributed by atoms with Gasteiger partial charge in [-0.3, -0.25) is 9.62 Å². The summed E-state index contributed by atoms with van der Waals surface area (Å²) in [5.74, 6) is -0.395. The van der Waals surface area contributed by atoms with E-state index in [1.54, 1.807) is 18.2 Å². The van der Waals surface area contributed by atoms with Crippen molar-refractivity contribution in [2.75, 3.05) is 17.8 Å². The van der Waals surface area contributed by atoms with Gasteiger partial charge in [-0.1, -0.05) is 30.2 Å². The van der Waals surface area contributed by atoms with Crippen LogP contribution in [0.3, 0.4) is 0 Å². The first-order valence-corrected chi connectivity index (χ1v) is 9.46. The molecule has 1 fully saturated rings. The van der Waals surface area contributed by atoms with Crippen molar-refractivity contribution in [2.24, 2.45) is 0 Å². The molecule has 4 nitrogen and oxygen atoms in total. The average Bonchev–Trinajstić information content (AvgIpc) is 2.57. The molecule has 0 amide bonds. The van der Waals surface area contributed by atoms with Crippen LogP contribution >= 0.6 is 11.6 Å². The fraction of sp³-hybridized carbons (Fsp3) is 0.353. The molecular weight excluding hydrogens is 349 g/mol. The van der Waals surface area contributed by atoms with Crippen LogP contribution in [0.1, 0.15) is 24.8 Å². The third-order valence-electron chi connectivity index (χ3n) is 3.99. The second kappa shape index (κ2) is 8.05. The molecule has 1 aliphatic rings.